The molecule has 1 fully saturated rings. The van der Waals surface area contributed by atoms with Crippen molar-refractivity contribution >= 4 is 15.9 Å². The summed E-state index contributed by atoms with van der Waals surface area (Å²) in [6.45, 7) is 6.03. The molecular formula is C14H23N5O3S. The number of sulfonamides is 1. The lowest BCUT2D eigenvalue weighted by Gasteiger charge is -2.33. The van der Waals surface area contributed by atoms with E-state index in [-0.39, 0.29) is 24.1 Å². The Bertz CT molecular complexity index is 699. The van der Waals surface area contributed by atoms with E-state index in [1.807, 2.05) is 9.47 Å². The first kappa shape index (κ1) is 16.4. The van der Waals surface area contributed by atoms with Crippen molar-refractivity contribution in [1.29, 1.82) is 0 Å². The Balaban J connectivity index is 1.79. The number of hydrogen-bond donors (Lipinski definition) is 0. The van der Waals surface area contributed by atoms with Crippen LogP contribution in [0.3, 0.4) is 0 Å². The Morgan fingerprint density at radius 3 is 2.74 bits per heavy atom. The fraction of sp³-hybridized carbons (Fsp3) is 0.786. The van der Waals surface area contributed by atoms with Crippen LogP contribution in [-0.4, -0.2) is 63.7 Å². The molecule has 1 aromatic rings. The minimum Gasteiger partial charge on any atom is -0.342 e. The molecule has 1 amide bonds. The first-order valence-corrected chi connectivity index (χ1v) is 9.68. The summed E-state index contributed by atoms with van der Waals surface area (Å²) in [5.41, 5.74) is 0. The Morgan fingerprint density at radius 1 is 1.26 bits per heavy atom. The molecule has 8 nitrogen and oxygen atoms in total. The highest BCUT2D eigenvalue weighted by molar-refractivity contribution is 7.89. The number of amides is 1. The number of carbonyl (C=O) groups excluding carboxylic acids is 1. The molecule has 3 rings (SSSR count). The standard InChI is InChI=1S/C14H23N5O3S/c1-3-23(21,22)18-7-8-19-13(10-18)15-16-14(19)12-5-4-6-17(9-12)11(2)20/h12H,3-10H2,1-2H3. The normalized spacial score (nSPS) is 22.9. The van der Waals surface area contributed by atoms with Gasteiger partial charge in [-0.1, -0.05) is 0 Å². The van der Waals surface area contributed by atoms with Gasteiger partial charge in [0.2, 0.25) is 15.9 Å². The van der Waals surface area contributed by atoms with Crippen LogP contribution < -0.4 is 0 Å². The average Bonchev–Trinajstić information content (AvgIpc) is 2.98. The number of fused-ring (bicyclic) bond motifs is 1. The van der Waals surface area contributed by atoms with Gasteiger partial charge < -0.3 is 9.47 Å². The second-order valence-corrected chi connectivity index (χ2v) is 8.42. The SMILES string of the molecule is CCS(=O)(=O)N1CCn2c(nnc2C2CCCN(C(C)=O)C2)C1. The number of piperidine rings is 1. The second kappa shape index (κ2) is 6.20. The molecule has 1 aromatic heterocycles. The minimum atomic E-state index is -3.20. The van der Waals surface area contributed by atoms with Gasteiger partial charge in [-0.15, -0.1) is 10.2 Å². The summed E-state index contributed by atoms with van der Waals surface area (Å²) in [5.74, 6) is 1.96. The molecule has 0 spiro atoms. The van der Waals surface area contributed by atoms with Crippen molar-refractivity contribution < 1.29 is 13.2 Å². The van der Waals surface area contributed by atoms with Crippen molar-refractivity contribution in [2.75, 3.05) is 25.4 Å². The summed E-state index contributed by atoms with van der Waals surface area (Å²) in [6.07, 6.45) is 1.95. The summed E-state index contributed by atoms with van der Waals surface area (Å²) >= 11 is 0. The lowest BCUT2D eigenvalue weighted by atomic mass is 9.97. The van der Waals surface area contributed by atoms with E-state index in [2.05, 4.69) is 10.2 Å². The molecule has 2 aliphatic rings. The molecule has 0 aliphatic carbocycles. The minimum absolute atomic E-state index is 0.0910. The maximum atomic E-state index is 12.0. The number of carbonyl (C=O) groups is 1. The first-order valence-electron chi connectivity index (χ1n) is 8.07. The fourth-order valence-corrected chi connectivity index (χ4v) is 4.39. The zero-order valence-corrected chi connectivity index (χ0v) is 14.4. The Kier molecular flexibility index (Phi) is 4.41. The summed E-state index contributed by atoms with van der Waals surface area (Å²) in [6, 6.07) is 0. The fourth-order valence-electron chi connectivity index (χ4n) is 3.35. The maximum absolute atomic E-state index is 12.0. The van der Waals surface area contributed by atoms with Crippen molar-refractivity contribution in [3.05, 3.63) is 11.6 Å². The van der Waals surface area contributed by atoms with Crippen LogP contribution in [0.25, 0.3) is 0 Å². The topological polar surface area (TPSA) is 88.4 Å². The van der Waals surface area contributed by atoms with Gasteiger partial charge in [-0.05, 0) is 19.8 Å². The molecule has 1 saturated heterocycles. The van der Waals surface area contributed by atoms with Gasteiger partial charge in [0.15, 0.2) is 0 Å². The molecule has 0 bridgehead atoms. The summed E-state index contributed by atoms with van der Waals surface area (Å²) in [4.78, 5) is 13.5. The molecule has 0 aromatic carbocycles. The largest absolute Gasteiger partial charge is 0.342 e. The maximum Gasteiger partial charge on any atom is 0.219 e. The second-order valence-electron chi connectivity index (χ2n) is 6.16. The van der Waals surface area contributed by atoms with E-state index in [0.29, 0.717) is 25.5 Å². The highest BCUT2D eigenvalue weighted by Crippen LogP contribution is 2.28. The van der Waals surface area contributed by atoms with Gasteiger partial charge in [-0.25, -0.2) is 8.42 Å². The number of hydrogen-bond acceptors (Lipinski definition) is 5. The number of aromatic nitrogens is 3. The van der Waals surface area contributed by atoms with Gasteiger partial charge in [0.25, 0.3) is 0 Å². The number of likely N-dealkylation sites (tertiary alicyclic amines) is 1. The van der Waals surface area contributed by atoms with E-state index in [4.69, 9.17) is 0 Å². The summed E-state index contributed by atoms with van der Waals surface area (Å²) in [7, 11) is -3.20. The van der Waals surface area contributed by atoms with Crippen molar-refractivity contribution in [3.63, 3.8) is 0 Å². The third-order valence-corrected chi connectivity index (χ3v) is 6.56. The van der Waals surface area contributed by atoms with Crippen molar-refractivity contribution in [1.82, 2.24) is 24.0 Å². The van der Waals surface area contributed by atoms with Crippen LogP contribution in [-0.2, 0) is 27.9 Å². The lowest BCUT2D eigenvalue weighted by molar-refractivity contribution is -0.130. The molecule has 23 heavy (non-hydrogen) atoms. The Labute approximate surface area is 136 Å². The van der Waals surface area contributed by atoms with Crippen molar-refractivity contribution in [2.45, 2.75) is 45.7 Å². The van der Waals surface area contributed by atoms with Crippen LogP contribution in [0.15, 0.2) is 0 Å². The van der Waals surface area contributed by atoms with Gasteiger partial charge >= 0.3 is 0 Å². The highest BCUT2D eigenvalue weighted by atomic mass is 32.2. The van der Waals surface area contributed by atoms with Crippen molar-refractivity contribution in [2.24, 2.45) is 0 Å². The lowest BCUT2D eigenvalue weighted by Crippen LogP contribution is -2.41. The molecule has 1 unspecified atom stereocenters. The smallest absolute Gasteiger partial charge is 0.219 e. The van der Waals surface area contributed by atoms with Crippen LogP contribution in [0.1, 0.15) is 44.3 Å². The first-order chi connectivity index (χ1) is 10.9. The summed E-state index contributed by atoms with van der Waals surface area (Å²) in [5, 5.41) is 8.51. The van der Waals surface area contributed by atoms with Crippen LogP contribution in [0.5, 0.6) is 0 Å². The third kappa shape index (κ3) is 3.12. The molecular weight excluding hydrogens is 318 g/mol. The van der Waals surface area contributed by atoms with E-state index in [9.17, 15) is 13.2 Å². The van der Waals surface area contributed by atoms with Crippen LogP contribution >= 0.6 is 0 Å². The van der Waals surface area contributed by atoms with Gasteiger partial charge in [0, 0.05) is 39.0 Å². The van der Waals surface area contributed by atoms with Crippen molar-refractivity contribution in [3.8, 4) is 0 Å². The van der Waals surface area contributed by atoms with Crippen LogP contribution in [0.4, 0.5) is 0 Å². The summed E-state index contributed by atoms with van der Waals surface area (Å²) < 4.78 is 27.5. The molecule has 2 aliphatic heterocycles. The van der Waals surface area contributed by atoms with E-state index in [0.717, 1.165) is 25.2 Å². The van der Waals surface area contributed by atoms with Crippen LogP contribution in [0.2, 0.25) is 0 Å². The highest BCUT2D eigenvalue weighted by Gasteiger charge is 2.32. The van der Waals surface area contributed by atoms with E-state index in [1.54, 1.807) is 13.8 Å². The van der Waals surface area contributed by atoms with Gasteiger partial charge in [-0.3, -0.25) is 4.79 Å². The van der Waals surface area contributed by atoms with Crippen LogP contribution in [0, 0.1) is 0 Å². The zero-order valence-electron chi connectivity index (χ0n) is 13.6. The van der Waals surface area contributed by atoms with E-state index in [1.165, 1.54) is 4.31 Å². The van der Waals surface area contributed by atoms with Gasteiger partial charge in [0.1, 0.15) is 11.6 Å². The molecule has 3 heterocycles. The average molecular weight is 341 g/mol. The molecule has 128 valence electrons. The molecule has 0 radical (unpaired) electrons. The molecule has 0 saturated carbocycles. The van der Waals surface area contributed by atoms with E-state index >= 15 is 0 Å². The zero-order chi connectivity index (χ0) is 16.6. The quantitative estimate of drug-likeness (QED) is 0.782. The Morgan fingerprint density at radius 2 is 2.04 bits per heavy atom. The predicted octanol–water partition coefficient (Wildman–Crippen LogP) is 0.169. The number of rotatable bonds is 3. The van der Waals surface area contributed by atoms with E-state index < -0.39 is 10.0 Å². The Hall–Kier alpha value is -1.48. The molecule has 9 heteroatoms. The molecule has 0 N–H and O–H groups in total. The molecule has 1 atom stereocenters. The number of nitrogens with zero attached hydrogens (tertiary/aromatic N) is 5. The monoisotopic (exact) mass is 341 g/mol. The van der Waals surface area contributed by atoms with Gasteiger partial charge in [0.05, 0.1) is 12.3 Å². The van der Waals surface area contributed by atoms with Gasteiger partial charge in [-0.2, -0.15) is 4.31 Å². The third-order valence-electron chi connectivity index (χ3n) is 4.74. The predicted molar refractivity (Wildman–Crippen MR) is 84.1 cm³/mol.